The summed E-state index contributed by atoms with van der Waals surface area (Å²) in [5.41, 5.74) is -0.497. The van der Waals surface area contributed by atoms with Gasteiger partial charge >= 0.3 is 5.97 Å². The summed E-state index contributed by atoms with van der Waals surface area (Å²) in [5, 5.41) is 0. The van der Waals surface area contributed by atoms with Crippen molar-refractivity contribution < 1.29 is 9.53 Å². The molecule has 0 saturated carbocycles. The Hall–Kier alpha value is -0.970. The van der Waals surface area contributed by atoms with Crippen molar-refractivity contribution in [3.8, 4) is 12.3 Å². The zero-order valence-corrected chi connectivity index (χ0v) is 7.31. The average Bonchev–Trinajstić information content (AvgIpc) is 2.03. The maximum Gasteiger partial charge on any atom is 0.312 e. The molecule has 1 atom stereocenters. The molecule has 0 aromatic carbocycles. The Balaban J connectivity index is 4.34. The van der Waals surface area contributed by atoms with Gasteiger partial charge in [0.05, 0.1) is 12.5 Å². The summed E-state index contributed by atoms with van der Waals surface area (Å²) < 4.78 is 4.62. The number of terminal acetylenes is 1. The van der Waals surface area contributed by atoms with Gasteiger partial charge in [-0.15, -0.1) is 12.3 Å². The minimum Gasteiger partial charge on any atom is -0.469 e. The van der Waals surface area contributed by atoms with Crippen LogP contribution in [0.25, 0.3) is 0 Å². The molecular weight excluding hydrogens is 140 g/mol. The van der Waals surface area contributed by atoms with Crippen molar-refractivity contribution in [2.45, 2.75) is 26.7 Å². The number of carbonyl (C=O) groups excluding carboxylic acids is 1. The van der Waals surface area contributed by atoms with Crippen LogP contribution >= 0.6 is 0 Å². The molecule has 2 nitrogen and oxygen atoms in total. The zero-order chi connectivity index (χ0) is 8.91. The zero-order valence-electron chi connectivity index (χ0n) is 7.31. The molecule has 0 aliphatic carbocycles. The van der Waals surface area contributed by atoms with Gasteiger partial charge in [0, 0.05) is 6.42 Å². The van der Waals surface area contributed by atoms with Crippen molar-refractivity contribution in [2.24, 2.45) is 5.41 Å². The van der Waals surface area contributed by atoms with Crippen LogP contribution in [0.15, 0.2) is 0 Å². The highest BCUT2D eigenvalue weighted by molar-refractivity contribution is 5.76. The SMILES string of the molecule is C#CCC(C)(CC)C(=O)OC. The lowest BCUT2D eigenvalue weighted by Crippen LogP contribution is -2.27. The number of hydrogen-bond donors (Lipinski definition) is 0. The molecule has 0 saturated heterocycles. The molecule has 1 unspecified atom stereocenters. The Morgan fingerprint density at radius 1 is 1.73 bits per heavy atom. The molecule has 0 spiro atoms. The summed E-state index contributed by atoms with van der Waals surface area (Å²) in [4.78, 5) is 11.1. The predicted molar refractivity (Wildman–Crippen MR) is 43.9 cm³/mol. The third-order valence-corrected chi connectivity index (χ3v) is 1.95. The van der Waals surface area contributed by atoms with Crippen LogP contribution in [0.4, 0.5) is 0 Å². The van der Waals surface area contributed by atoms with E-state index < -0.39 is 5.41 Å². The number of methoxy groups -OCH3 is 1. The van der Waals surface area contributed by atoms with Gasteiger partial charge in [0.1, 0.15) is 0 Å². The van der Waals surface area contributed by atoms with Gasteiger partial charge in [-0.2, -0.15) is 0 Å². The molecule has 0 N–H and O–H groups in total. The molecule has 0 aliphatic heterocycles. The molecule has 0 bridgehead atoms. The van der Waals surface area contributed by atoms with E-state index in [0.717, 1.165) is 0 Å². The fourth-order valence-corrected chi connectivity index (χ4v) is 0.813. The first-order valence-corrected chi connectivity index (χ1v) is 3.62. The van der Waals surface area contributed by atoms with Gasteiger partial charge in [0.2, 0.25) is 0 Å². The molecule has 0 heterocycles. The third kappa shape index (κ3) is 2.27. The minimum absolute atomic E-state index is 0.224. The van der Waals surface area contributed by atoms with Crippen LogP contribution in [0, 0.1) is 17.8 Å². The van der Waals surface area contributed by atoms with Gasteiger partial charge < -0.3 is 4.74 Å². The third-order valence-electron chi connectivity index (χ3n) is 1.95. The fraction of sp³-hybridized carbons (Fsp3) is 0.667. The highest BCUT2D eigenvalue weighted by Crippen LogP contribution is 2.26. The summed E-state index contributed by atoms with van der Waals surface area (Å²) in [6, 6.07) is 0. The second-order valence-electron chi connectivity index (χ2n) is 2.79. The van der Waals surface area contributed by atoms with Crippen molar-refractivity contribution in [3.63, 3.8) is 0 Å². The first-order chi connectivity index (χ1) is 5.10. The van der Waals surface area contributed by atoms with E-state index in [1.165, 1.54) is 7.11 Å². The van der Waals surface area contributed by atoms with E-state index in [4.69, 9.17) is 6.42 Å². The first-order valence-electron chi connectivity index (χ1n) is 3.62. The van der Waals surface area contributed by atoms with E-state index >= 15 is 0 Å². The summed E-state index contributed by atoms with van der Waals surface area (Å²) >= 11 is 0. The second kappa shape index (κ2) is 4.02. The standard InChI is InChI=1S/C9H14O2/c1-5-7-9(3,6-2)8(10)11-4/h1H,6-7H2,2-4H3. The van der Waals surface area contributed by atoms with E-state index in [-0.39, 0.29) is 5.97 Å². The van der Waals surface area contributed by atoms with Crippen LogP contribution in [0.1, 0.15) is 26.7 Å². The number of rotatable bonds is 3. The van der Waals surface area contributed by atoms with Gasteiger partial charge in [0.25, 0.3) is 0 Å². The highest BCUT2D eigenvalue weighted by Gasteiger charge is 2.31. The molecule has 0 aromatic heterocycles. The normalized spacial score (nSPS) is 14.7. The summed E-state index contributed by atoms with van der Waals surface area (Å²) in [7, 11) is 1.38. The summed E-state index contributed by atoms with van der Waals surface area (Å²) in [5.74, 6) is 2.25. The Labute approximate surface area is 67.9 Å². The van der Waals surface area contributed by atoms with Gasteiger partial charge in [-0.05, 0) is 13.3 Å². The molecule has 0 amide bonds. The van der Waals surface area contributed by atoms with Crippen molar-refractivity contribution in [2.75, 3.05) is 7.11 Å². The highest BCUT2D eigenvalue weighted by atomic mass is 16.5. The quantitative estimate of drug-likeness (QED) is 0.456. The monoisotopic (exact) mass is 154 g/mol. The van der Waals surface area contributed by atoms with Crippen LogP contribution in [-0.2, 0) is 9.53 Å². The van der Waals surface area contributed by atoms with E-state index in [2.05, 4.69) is 10.7 Å². The minimum atomic E-state index is -0.497. The number of esters is 1. The van der Waals surface area contributed by atoms with Crippen LogP contribution in [0.5, 0.6) is 0 Å². The topological polar surface area (TPSA) is 26.3 Å². The van der Waals surface area contributed by atoms with E-state index in [1.54, 1.807) is 0 Å². The fourth-order valence-electron chi connectivity index (χ4n) is 0.813. The smallest absolute Gasteiger partial charge is 0.312 e. The molecule has 0 rings (SSSR count). The molecule has 0 radical (unpaired) electrons. The van der Waals surface area contributed by atoms with Crippen molar-refractivity contribution in [1.29, 1.82) is 0 Å². The van der Waals surface area contributed by atoms with Gasteiger partial charge in [0.15, 0.2) is 0 Å². The van der Waals surface area contributed by atoms with Crippen molar-refractivity contribution in [1.82, 2.24) is 0 Å². The van der Waals surface area contributed by atoms with Crippen LogP contribution in [0.3, 0.4) is 0 Å². The lowest BCUT2D eigenvalue weighted by atomic mass is 9.84. The lowest BCUT2D eigenvalue weighted by Gasteiger charge is -2.21. The Morgan fingerprint density at radius 2 is 2.27 bits per heavy atom. The Morgan fingerprint density at radius 3 is 2.55 bits per heavy atom. The summed E-state index contributed by atoms with van der Waals surface area (Å²) in [6.45, 7) is 3.74. The maximum absolute atomic E-state index is 11.1. The maximum atomic E-state index is 11.1. The largest absolute Gasteiger partial charge is 0.469 e. The van der Waals surface area contributed by atoms with Gasteiger partial charge in [-0.3, -0.25) is 4.79 Å². The van der Waals surface area contributed by atoms with Crippen LogP contribution in [-0.4, -0.2) is 13.1 Å². The molecule has 0 aromatic rings. The van der Waals surface area contributed by atoms with Gasteiger partial charge in [-0.25, -0.2) is 0 Å². The van der Waals surface area contributed by atoms with Crippen LogP contribution < -0.4 is 0 Å². The second-order valence-corrected chi connectivity index (χ2v) is 2.79. The molecular formula is C9H14O2. The van der Waals surface area contributed by atoms with Gasteiger partial charge in [-0.1, -0.05) is 6.92 Å². The van der Waals surface area contributed by atoms with E-state index in [9.17, 15) is 4.79 Å². The first kappa shape index (κ1) is 10.0. The Bertz CT molecular complexity index is 178. The predicted octanol–water partition coefficient (Wildman–Crippen LogP) is 1.60. The lowest BCUT2D eigenvalue weighted by molar-refractivity contribution is -0.151. The number of ether oxygens (including phenoxy) is 1. The van der Waals surface area contributed by atoms with E-state index in [1.807, 2.05) is 13.8 Å². The molecule has 0 fully saturated rings. The number of carbonyl (C=O) groups is 1. The van der Waals surface area contributed by atoms with Crippen LogP contribution in [0.2, 0.25) is 0 Å². The molecule has 0 aliphatic rings. The summed E-state index contributed by atoms with van der Waals surface area (Å²) in [6.07, 6.45) is 6.28. The average molecular weight is 154 g/mol. The number of hydrogen-bond acceptors (Lipinski definition) is 2. The molecule has 2 heteroatoms. The molecule has 62 valence electrons. The molecule has 11 heavy (non-hydrogen) atoms. The Kier molecular flexibility index (Phi) is 3.67. The van der Waals surface area contributed by atoms with Crippen molar-refractivity contribution >= 4 is 5.97 Å². The van der Waals surface area contributed by atoms with E-state index in [0.29, 0.717) is 12.8 Å². The van der Waals surface area contributed by atoms with Crippen molar-refractivity contribution in [3.05, 3.63) is 0 Å².